The van der Waals surface area contributed by atoms with Crippen molar-refractivity contribution in [3.05, 3.63) is 83.7 Å². The summed E-state index contributed by atoms with van der Waals surface area (Å²) in [5, 5.41) is 0. The van der Waals surface area contributed by atoms with E-state index in [4.69, 9.17) is 0 Å². The minimum atomic E-state index is -4.11. The highest BCUT2D eigenvalue weighted by atomic mass is 32.2. The average Bonchev–Trinajstić information content (AvgIpc) is 3.12. The summed E-state index contributed by atoms with van der Waals surface area (Å²) < 4.78 is 49.1. The number of carbonyl (C=O) groups is 1. The number of hydrogen-bond donors (Lipinski definition) is 1. The monoisotopic (exact) mass is 403 g/mol. The van der Waals surface area contributed by atoms with E-state index < -0.39 is 27.9 Å². The van der Waals surface area contributed by atoms with Crippen molar-refractivity contribution >= 4 is 16.0 Å². The molecular formula is C19H18FN3O4S. The van der Waals surface area contributed by atoms with E-state index in [0.29, 0.717) is 5.82 Å². The maximum Gasteiger partial charge on any atom is 0.337 e. The standard InChI is InChI=1S/C19H18FN3O4S/c1-23-11-10-21-18(23)17(15-8-3-4-9-16(15)20)22-28(25,26)14-7-5-6-13(12-14)19(24)27-2/h3-12,17,22H,1-2H3. The van der Waals surface area contributed by atoms with Gasteiger partial charge in [0, 0.05) is 25.0 Å². The Hall–Kier alpha value is -3.04. The summed E-state index contributed by atoms with van der Waals surface area (Å²) in [6.45, 7) is 0. The number of hydrogen-bond acceptors (Lipinski definition) is 5. The highest BCUT2D eigenvalue weighted by molar-refractivity contribution is 7.89. The number of ether oxygens (including phenoxy) is 1. The molecule has 0 aliphatic carbocycles. The zero-order valence-corrected chi connectivity index (χ0v) is 16.0. The second kappa shape index (κ2) is 7.91. The van der Waals surface area contributed by atoms with Crippen LogP contribution in [0.5, 0.6) is 0 Å². The normalized spacial score (nSPS) is 12.5. The number of esters is 1. The van der Waals surface area contributed by atoms with Crippen LogP contribution in [-0.2, 0) is 21.8 Å². The molecule has 0 aliphatic rings. The van der Waals surface area contributed by atoms with E-state index >= 15 is 0 Å². The van der Waals surface area contributed by atoms with E-state index in [1.807, 2.05) is 0 Å². The fourth-order valence-corrected chi connectivity index (χ4v) is 3.97. The Morgan fingerprint density at radius 3 is 2.61 bits per heavy atom. The Kier molecular flexibility index (Phi) is 5.57. The van der Waals surface area contributed by atoms with E-state index in [1.54, 1.807) is 23.9 Å². The number of aryl methyl sites for hydroxylation is 1. The van der Waals surface area contributed by atoms with Gasteiger partial charge >= 0.3 is 5.97 Å². The number of benzene rings is 2. The summed E-state index contributed by atoms with van der Waals surface area (Å²) in [5.41, 5.74) is 0.217. The van der Waals surface area contributed by atoms with Crippen LogP contribution in [0.4, 0.5) is 4.39 Å². The van der Waals surface area contributed by atoms with Crippen LogP contribution in [0.15, 0.2) is 65.8 Å². The summed E-state index contributed by atoms with van der Waals surface area (Å²) in [7, 11) is -1.22. The molecule has 3 aromatic rings. The number of imidazole rings is 1. The summed E-state index contributed by atoms with van der Waals surface area (Å²) >= 11 is 0. The first-order valence-corrected chi connectivity index (χ1v) is 9.74. The van der Waals surface area contributed by atoms with Crippen LogP contribution in [0.1, 0.15) is 27.8 Å². The maximum atomic E-state index is 14.4. The molecule has 9 heteroatoms. The predicted molar refractivity (Wildman–Crippen MR) is 99.6 cm³/mol. The molecule has 1 unspecified atom stereocenters. The molecule has 2 aromatic carbocycles. The number of sulfonamides is 1. The minimum Gasteiger partial charge on any atom is -0.465 e. The van der Waals surface area contributed by atoms with Crippen molar-refractivity contribution in [2.45, 2.75) is 10.9 Å². The topological polar surface area (TPSA) is 90.3 Å². The second-order valence-corrected chi connectivity index (χ2v) is 7.71. The quantitative estimate of drug-likeness (QED) is 0.639. The number of rotatable bonds is 6. The minimum absolute atomic E-state index is 0.0878. The van der Waals surface area contributed by atoms with Crippen LogP contribution >= 0.6 is 0 Å². The molecule has 146 valence electrons. The van der Waals surface area contributed by atoms with E-state index in [1.165, 1.54) is 55.8 Å². The van der Waals surface area contributed by atoms with Gasteiger partial charge < -0.3 is 9.30 Å². The lowest BCUT2D eigenvalue weighted by Crippen LogP contribution is -2.32. The van der Waals surface area contributed by atoms with Crippen molar-refractivity contribution in [2.24, 2.45) is 7.05 Å². The number of nitrogens with one attached hydrogen (secondary N) is 1. The van der Waals surface area contributed by atoms with Crippen LogP contribution in [0.25, 0.3) is 0 Å². The highest BCUT2D eigenvalue weighted by Crippen LogP contribution is 2.25. The Bertz CT molecular complexity index is 1110. The van der Waals surface area contributed by atoms with Gasteiger partial charge in [0.05, 0.1) is 17.6 Å². The van der Waals surface area contributed by atoms with Gasteiger partial charge in [-0.15, -0.1) is 0 Å². The van der Waals surface area contributed by atoms with Gasteiger partial charge in [-0.25, -0.2) is 22.6 Å². The van der Waals surface area contributed by atoms with Crippen LogP contribution < -0.4 is 4.72 Å². The van der Waals surface area contributed by atoms with Crippen molar-refractivity contribution in [1.82, 2.24) is 14.3 Å². The molecule has 0 aliphatic heterocycles. The van der Waals surface area contributed by atoms with E-state index in [-0.39, 0.29) is 16.0 Å². The van der Waals surface area contributed by atoms with Gasteiger partial charge in [-0.2, -0.15) is 4.72 Å². The first-order chi connectivity index (χ1) is 13.3. The molecule has 1 aromatic heterocycles. The Morgan fingerprint density at radius 2 is 1.96 bits per heavy atom. The van der Waals surface area contributed by atoms with Gasteiger partial charge in [-0.05, 0) is 24.3 Å². The summed E-state index contributed by atoms with van der Waals surface area (Å²) in [5.74, 6) is -0.911. The number of methoxy groups -OCH3 is 1. The number of halogens is 1. The first kappa shape index (κ1) is 19.7. The van der Waals surface area contributed by atoms with Gasteiger partial charge in [0.25, 0.3) is 0 Å². The molecule has 0 saturated carbocycles. The maximum absolute atomic E-state index is 14.4. The smallest absolute Gasteiger partial charge is 0.337 e. The molecule has 1 heterocycles. The fourth-order valence-electron chi connectivity index (χ4n) is 2.75. The Balaban J connectivity index is 2.05. The highest BCUT2D eigenvalue weighted by Gasteiger charge is 2.28. The third-order valence-electron chi connectivity index (χ3n) is 4.17. The molecule has 0 spiro atoms. The Labute approximate surface area is 161 Å². The SMILES string of the molecule is COC(=O)c1cccc(S(=O)(=O)NC(c2ccccc2F)c2nccn2C)c1. The van der Waals surface area contributed by atoms with Crippen LogP contribution in [0.2, 0.25) is 0 Å². The van der Waals surface area contributed by atoms with Crippen LogP contribution in [0, 0.1) is 5.82 Å². The summed E-state index contributed by atoms with van der Waals surface area (Å²) in [4.78, 5) is 15.7. The number of nitrogens with zero attached hydrogens (tertiary/aromatic N) is 2. The van der Waals surface area contributed by atoms with Gasteiger partial charge in [-0.3, -0.25) is 0 Å². The number of carbonyl (C=O) groups excluding carboxylic acids is 1. The molecule has 3 rings (SSSR count). The van der Waals surface area contributed by atoms with Crippen molar-refractivity contribution in [3.63, 3.8) is 0 Å². The van der Waals surface area contributed by atoms with Gasteiger partial charge in [-0.1, -0.05) is 24.3 Å². The molecule has 0 radical (unpaired) electrons. The van der Waals surface area contributed by atoms with Crippen molar-refractivity contribution in [1.29, 1.82) is 0 Å². The number of aromatic nitrogens is 2. The van der Waals surface area contributed by atoms with Crippen molar-refractivity contribution < 1.29 is 22.3 Å². The van der Waals surface area contributed by atoms with Crippen LogP contribution in [-0.4, -0.2) is 31.0 Å². The average molecular weight is 403 g/mol. The van der Waals surface area contributed by atoms with Gasteiger partial charge in [0.2, 0.25) is 10.0 Å². The van der Waals surface area contributed by atoms with Gasteiger partial charge in [0.15, 0.2) is 0 Å². The predicted octanol–water partition coefficient (Wildman–Crippen LogP) is 2.41. The second-order valence-electron chi connectivity index (χ2n) is 5.99. The largest absolute Gasteiger partial charge is 0.465 e. The van der Waals surface area contributed by atoms with Crippen LogP contribution in [0.3, 0.4) is 0 Å². The third-order valence-corrected chi connectivity index (χ3v) is 5.59. The molecule has 28 heavy (non-hydrogen) atoms. The van der Waals surface area contributed by atoms with Gasteiger partial charge in [0.1, 0.15) is 17.7 Å². The third kappa shape index (κ3) is 3.95. The lowest BCUT2D eigenvalue weighted by atomic mass is 10.1. The molecular weight excluding hydrogens is 385 g/mol. The molecule has 7 nitrogen and oxygen atoms in total. The zero-order valence-electron chi connectivity index (χ0n) is 15.2. The molecule has 0 amide bonds. The molecule has 0 saturated heterocycles. The molecule has 1 N–H and O–H groups in total. The summed E-state index contributed by atoms with van der Waals surface area (Å²) in [6.07, 6.45) is 3.13. The van der Waals surface area contributed by atoms with Crippen molar-refractivity contribution in [3.8, 4) is 0 Å². The lowest BCUT2D eigenvalue weighted by Gasteiger charge is -2.20. The molecule has 0 fully saturated rings. The van der Waals surface area contributed by atoms with E-state index in [9.17, 15) is 17.6 Å². The fraction of sp³-hybridized carbons (Fsp3) is 0.158. The zero-order chi connectivity index (χ0) is 20.3. The Morgan fingerprint density at radius 1 is 1.21 bits per heavy atom. The van der Waals surface area contributed by atoms with E-state index in [2.05, 4.69) is 14.4 Å². The molecule has 0 bridgehead atoms. The van der Waals surface area contributed by atoms with E-state index in [0.717, 1.165) is 0 Å². The first-order valence-electron chi connectivity index (χ1n) is 8.26. The lowest BCUT2D eigenvalue weighted by molar-refractivity contribution is 0.0600. The summed E-state index contributed by atoms with van der Waals surface area (Å²) in [6, 6.07) is 10.2. The van der Waals surface area contributed by atoms with Crippen molar-refractivity contribution in [2.75, 3.05) is 7.11 Å². The molecule has 1 atom stereocenters.